The van der Waals surface area contributed by atoms with Crippen LogP contribution in [0.25, 0.3) is 0 Å². The summed E-state index contributed by atoms with van der Waals surface area (Å²) >= 11 is 0. The van der Waals surface area contributed by atoms with Gasteiger partial charge in [0.15, 0.2) is 0 Å². The fraction of sp³-hybridized carbons (Fsp3) is 0.294. The number of fused-ring (bicyclic) bond motifs is 1. The molecule has 1 heterocycles. The summed E-state index contributed by atoms with van der Waals surface area (Å²) in [5, 5.41) is 9.25. The molecule has 3 heteroatoms. The minimum atomic E-state index is 0.446. The molecule has 2 aromatic rings. The van der Waals surface area contributed by atoms with E-state index in [9.17, 15) is 5.26 Å². The van der Waals surface area contributed by atoms with Gasteiger partial charge in [-0.2, -0.15) is 5.26 Å². The van der Waals surface area contributed by atoms with Gasteiger partial charge in [-0.05, 0) is 42.9 Å². The number of rotatable bonds is 3. The quantitative estimate of drug-likeness (QED) is 0.853. The Morgan fingerprint density at radius 2 is 1.95 bits per heavy atom. The van der Waals surface area contributed by atoms with E-state index in [-0.39, 0.29) is 0 Å². The average molecular weight is 264 g/mol. The van der Waals surface area contributed by atoms with E-state index in [4.69, 9.17) is 4.74 Å². The second-order valence-corrected chi connectivity index (χ2v) is 5.04. The molecule has 100 valence electrons. The molecule has 0 bridgehead atoms. The lowest BCUT2D eigenvalue weighted by Crippen LogP contribution is -2.08. The first-order valence-electron chi connectivity index (χ1n) is 6.96. The summed E-state index contributed by atoms with van der Waals surface area (Å²) in [4.78, 5) is 4.55. The van der Waals surface area contributed by atoms with E-state index in [2.05, 4.69) is 11.1 Å². The summed E-state index contributed by atoms with van der Waals surface area (Å²) in [5.41, 5.74) is 3.93. The molecule has 0 amide bonds. The molecule has 0 saturated heterocycles. The van der Waals surface area contributed by atoms with E-state index < -0.39 is 0 Å². The van der Waals surface area contributed by atoms with Crippen molar-refractivity contribution < 1.29 is 4.74 Å². The summed E-state index contributed by atoms with van der Waals surface area (Å²) in [6, 6.07) is 14.1. The molecule has 0 saturated carbocycles. The number of hydrogen-bond acceptors (Lipinski definition) is 3. The molecular weight excluding hydrogens is 248 g/mol. The van der Waals surface area contributed by atoms with Gasteiger partial charge in [0.25, 0.3) is 0 Å². The number of aryl methyl sites for hydroxylation is 2. The van der Waals surface area contributed by atoms with Gasteiger partial charge in [-0.25, -0.2) is 4.98 Å². The molecule has 1 aromatic carbocycles. The Kier molecular flexibility index (Phi) is 3.64. The fourth-order valence-electron chi connectivity index (χ4n) is 2.53. The van der Waals surface area contributed by atoms with Gasteiger partial charge in [0.2, 0.25) is 5.88 Å². The van der Waals surface area contributed by atoms with Gasteiger partial charge < -0.3 is 4.74 Å². The minimum Gasteiger partial charge on any atom is -0.472 e. The van der Waals surface area contributed by atoms with E-state index in [0.29, 0.717) is 18.1 Å². The van der Waals surface area contributed by atoms with Crippen molar-refractivity contribution in [2.45, 2.75) is 32.3 Å². The molecule has 0 spiro atoms. The summed E-state index contributed by atoms with van der Waals surface area (Å²) in [5.74, 6) is 0.469. The topological polar surface area (TPSA) is 45.9 Å². The molecule has 3 nitrogen and oxygen atoms in total. The molecule has 3 rings (SSSR count). The fourth-order valence-corrected chi connectivity index (χ4v) is 2.53. The van der Waals surface area contributed by atoms with Gasteiger partial charge >= 0.3 is 0 Å². The predicted octanol–water partition coefficient (Wildman–Crippen LogP) is 3.41. The maximum absolute atomic E-state index is 9.25. The third kappa shape index (κ3) is 2.65. The van der Waals surface area contributed by atoms with Crippen LogP contribution in [0, 0.1) is 11.3 Å². The van der Waals surface area contributed by atoms with E-state index >= 15 is 0 Å². The molecule has 1 aliphatic carbocycles. The van der Waals surface area contributed by atoms with Gasteiger partial charge in [0.05, 0.1) is 0 Å². The van der Waals surface area contributed by atoms with E-state index in [1.807, 2.05) is 36.4 Å². The highest BCUT2D eigenvalue weighted by Crippen LogP contribution is 2.26. The molecule has 20 heavy (non-hydrogen) atoms. The number of hydrogen-bond donors (Lipinski definition) is 0. The second kappa shape index (κ2) is 5.75. The van der Waals surface area contributed by atoms with Crippen LogP contribution in [-0.4, -0.2) is 4.98 Å². The molecule has 1 aliphatic rings. The maximum Gasteiger partial charge on any atom is 0.232 e. The minimum absolute atomic E-state index is 0.446. The van der Waals surface area contributed by atoms with Crippen LogP contribution in [0.15, 0.2) is 36.4 Å². The van der Waals surface area contributed by atoms with E-state index in [1.165, 1.54) is 18.4 Å². The van der Waals surface area contributed by atoms with Crippen molar-refractivity contribution in [3.8, 4) is 11.9 Å². The largest absolute Gasteiger partial charge is 0.472 e. The van der Waals surface area contributed by atoms with Gasteiger partial charge in [0, 0.05) is 5.69 Å². The van der Waals surface area contributed by atoms with Crippen LogP contribution in [0.4, 0.5) is 0 Å². The average Bonchev–Trinajstić information content (AvgIpc) is 2.53. The van der Waals surface area contributed by atoms with Crippen LogP contribution >= 0.6 is 0 Å². The van der Waals surface area contributed by atoms with Crippen molar-refractivity contribution in [2.75, 3.05) is 0 Å². The first-order chi connectivity index (χ1) is 9.86. The standard InChI is InChI=1S/C17H16N2O/c18-11-15-10-14-8-4-5-9-16(14)19-17(15)20-12-13-6-2-1-3-7-13/h1-3,6-7,10H,4-5,8-9,12H2. The molecule has 0 aliphatic heterocycles. The number of benzene rings is 1. The Morgan fingerprint density at radius 3 is 2.75 bits per heavy atom. The Labute approximate surface area is 118 Å². The Bertz CT molecular complexity index is 644. The van der Waals surface area contributed by atoms with Crippen molar-refractivity contribution in [3.05, 3.63) is 58.8 Å². The summed E-state index contributed by atoms with van der Waals surface area (Å²) in [6.07, 6.45) is 4.37. The lowest BCUT2D eigenvalue weighted by atomic mass is 9.95. The van der Waals surface area contributed by atoms with Gasteiger partial charge in [-0.1, -0.05) is 30.3 Å². The van der Waals surface area contributed by atoms with Crippen molar-refractivity contribution in [3.63, 3.8) is 0 Å². The predicted molar refractivity (Wildman–Crippen MR) is 76.4 cm³/mol. The number of ether oxygens (including phenoxy) is 1. The van der Waals surface area contributed by atoms with E-state index in [0.717, 1.165) is 24.1 Å². The number of nitrogens with zero attached hydrogens (tertiary/aromatic N) is 2. The van der Waals surface area contributed by atoms with E-state index in [1.54, 1.807) is 0 Å². The first kappa shape index (κ1) is 12.7. The third-order valence-electron chi connectivity index (χ3n) is 3.60. The zero-order chi connectivity index (χ0) is 13.8. The molecule has 0 atom stereocenters. The Balaban J connectivity index is 1.83. The van der Waals surface area contributed by atoms with Crippen LogP contribution in [0.1, 0.15) is 35.2 Å². The number of aromatic nitrogens is 1. The molecule has 0 radical (unpaired) electrons. The lowest BCUT2D eigenvalue weighted by molar-refractivity contribution is 0.291. The van der Waals surface area contributed by atoms with Gasteiger partial charge in [-0.15, -0.1) is 0 Å². The lowest BCUT2D eigenvalue weighted by Gasteiger charge is -2.16. The molecular formula is C17H16N2O. The molecule has 0 fully saturated rings. The van der Waals surface area contributed by atoms with Crippen molar-refractivity contribution in [1.82, 2.24) is 4.98 Å². The summed E-state index contributed by atoms with van der Waals surface area (Å²) in [7, 11) is 0. The highest BCUT2D eigenvalue weighted by molar-refractivity contribution is 5.43. The zero-order valence-electron chi connectivity index (χ0n) is 11.3. The summed E-state index contributed by atoms with van der Waals surface area (Å²) < 4.78 is 5.75. The SMILES string of the molecule is N#Cc1cc2c(nc1OCc1ccccc1)CCCC2. The van der Waals surface area contributed by atoms with Crippen molar-refractivity contribution in [2.24, 2.45) is 0 Å². The monoisotopic (exact) mass is 264 g/mol. The first-order valence-corrected chi connectivity index (χ1v) is 6.96. The Morgan fingerprint density at radius 1 is 1.15 bits per heavy atom. The molecule has 1 aromatic heterocycles. The van der Waals surface area contributed by atoms with Crippen LogP contribution in [0.3, 0.4) is 0 Å². The van der Waals surface area contributed by atoms with Crippen LogP contribution in [0.5, 0.6) is 5.88 Å². The van der Waals surface area contributed by atoms with Crippen molar-refractivity contribution in [1.29, 1.82) is 5.26 Å². The second-order valence-electron chi connectivity index (χ2n) is 5.04. The van der Waals surface area contributed by atoms with Gasteiger partial charge in [0.1, 0.15) is 18.2 Å². The van der Waals surface area contributed by atoms with Crippen LogP contribution < -0.4 is 4.74 Å². The normalized spacial score (nSPS) is 13.3. The van der Waals surface area contributed by atoms with Crippen molar-refractivity contribution >= 4 is 0 Å². The third-order valence-corrected chi connectivity index (χ3v) is 3.60. The number of nitriles is 1. The summed E-state index contributed by atoms with van der Waals surface area (Å²) in [6.45, 7) is 0.446. The highest BCUT2D eigenvalue weighted by atomic mass is 16.5. The molecule has 0 unspecified atom stereocenters. The molecule has 0 N–H and O–H groups in total. The Hall–Kier alpha value is -2.34. The van der Waals surface area contributed by atoms with Crippen LogP contribution in [-0.2, 0) is 19.4 Å². The highest BCUT2D eigenvalue weighted by Gasteiger charge is 2.15. The number of pyridine rings is 1. The zero-order valence-corrected chi connectivity index (χ0v) is 11.3. The van der Waals surface area contributed by atoms with Gasteiger partial charge in [-0.3, -0.25) is 0 Å². The smallest absolute Gasteiger partial charge is 0.232 e. The van der Waals surface area contributed by atoms with Crippen LogP contribution in [0.2, 0.25) is 0 Å². The maximum atomic E-state index is 9.25.